The van der Waals surface area contributed by atoms with E-state index in [1.165, 1.54) is 6.42 Å². The minimum Gasteiger partial charge on any atom is -0.297 e. The zero-order valence-corrected chi connectivity index (χ0v) is 10.7. The first-order chi connectivity index (χ1) is 8.67. The maximum atomic E-state index is 12.6. The lowest BCUT2D eigenvalue weighted by Crippen LogP contribution is -2.34. The maximum absolute atomic E-state index is 12.6. The van der Waals surface area contributed by atoms with Gasteiger partial charge >= 0.3 is 0 Å². The summed E-state index contributed by atoms with van der Waals surface area (Å²) in [7, 11) is 0. The number of hydrogen-bond donors (Lipinski definition) is 0. The number of hydrogen-bond acceptors (Lipinski definition) is 3. The van der Waals surface area contributed by atoms with Gasteiger partial charge in [0.15, 0.2) is 5.78 Å². The highest BCUT2D eigenvalue weighted by Crippen LogP contribution is 2.40. The summed E-state index contributed by atoms with van der Waals surface area (Å²) in [5.74, 6) is -0.563. The van der Waals surface area contributed by atoms with Gasteiger partial charge in [0.2, 0.25) is 0 Å². The number of ketones is 1. The van der Waals surface area contributed by atoms with E-state index in [4.69, 9.17) is 0 Å². The van der Waals surface area contributed by atoms with Gasteiger partial charge < -0.3 is 0 Å². The van der Waals surface area contributed by atoms with Gasteiger partial charge in [-0.15, -0.1) is 0 Å². The molecule has 1 aromatic heterocycles. The molecule has 1 unspecified atom stereocenters. The Hall–Kier alpha value is -1.69. The molecule has 1 aromatic rings. The normalized spacial score (nSPS) is 19.8. The van der Waals surface area contributed by atoms with E-state index in [9.17, 15) is 10.1 Å². The smallest absolute Gasteiger partial charge is 0.160 e. The maximum Gasteiger partial charge on any atom is 0.160 e. The van der Waals surface area contributed by atoms with E-state index < -0.39 is 5.92 Å². The molecule has 1 aliphatic rings. The van der Waals surface area contributed by atoms with Gasteiger partial charge in [-0.2, -0.15) is 5.26 Å². The largest absolute Gasteiger partial charge is 0.297 e. The van der Waals surface area contributed by atoms with Gasteiger partial charge in [-0.1, -0.05) is 26.2 Å². The van der Waals surface area contributed by atoms with Gasteiger partial charge in [-0.3, -0.25) is 9.78 Å². The average Bonchev–Trinajstić information content (AvgIpc) is 2.41. The van der Waals surface area contributed by atoms with E-state index in [0.717, 1.165) is 31.2 Å². The SMILES string of the molecule is CC1(C(=O)C(C#N)c2ccncc2)CCCCC1. The van der Waals surface area contributed by atoms with Gasteiger partial charge in [-0.25, -0.2) is 0 Å². The highest BCUT2D eigenvalue weighted by molar-refractivity contribution is 5.93. The Morgan fingerprint density at radius 2 is 1.94 bits per heavy atom. The highest BCUT2D eigenvalue weighted by atomic mass is 16.1. The number of nitriles is 1. The van der Waals surface area contributed by atoms with Crippen LogP contribution in [0.2, 0.25) is 0 Å². The van der Waals surface area contributed by atoms with Gasteiger partial charge in [-0.05, 0) is 30.5 Å². The third kappa shape index (κ3) is 2.43. The molecule has 1 fully saturated rings. The van der Waals surface area contributed by atoms with E-state index in [1.54, 1.807) is 24.5 Å². The predicted molar refractivity (Wildman–Crippen MR) is 68.8 cm³/mol. The second-order valence-corrected chi connectivity index (χ2v) is 5.33. The number of Topliss-reactive ketones (excluding diaryl/α,β-unsaturated/α-hetero) is 1. The predicted octanol–water partition coefficient (Wildman–Crippen LogP) is 3.23. The summed E-state index contributed by atoms with van der Waals surface area (Å²) < 4.78 is 0. The molecule has 3 nitrogen and oxygen atoms in total. The summed E-state index contributed by atoms with van der Waals surface area (Å²) in [6.07, 6.45) is 8.49. The third-order valence-corrected chi connectivity index (χ3v) is 3.98. The van der Waals surface area contributed by atoms with Crippen molar-refractivity contribution in [2.45, 2.75) is 44.9 Å². The lowest BCUT2D eigenvalue weighted by atomic mass is 9.69. The van der Waals surface area contributed by atoms with Crippen LogP contribution in [-0.4, -0.2) is 10.8 Å². The lowest BCUT2D eigenvalue weighted by molar-refractivity contribution is -0.129. The summed E-state index contributed by atoms with van der Waals surface area (Å²) in [5, 5.41) is 9.30. The molecule has 1 saturated carbocycles. The topological polar surface area (TPSA) is 53.8 Å². The standard InChI is InChI=1S/C15H18N2O/c1-15(7-3-2-4-8-15)14(18)13(11-16)12-5-9-17-10-6-12/h5-6,9-10,13H,2-4,7-8H2,1H3. The van der Waals surface area contributed by atoms with Crippen LogP contribution in [0, 0.1) is 16.7 Å². The van der Waals surface area contributed by atoms with E-state index in [-0.39, 0.29) is 11.2 Å². The zero-order valence-electron chi connectivity index (χ0n) is 10.7. The summed E-state index contributed by atoms with van der Waals surface area (Å²) >= 11 is 0. The fourth-order valence-electron chi connectivity index (χ4n) is 2.77. The number of pyridine rings is 1. The summed E-state index contributed by atoms with van der Waals surface area (Å²) in [6.45, 7) is 2.01. The second-order valence-electron chi connectivity index (χ2n) is 5.33. The Bertz CT molecular complexity index is 455. The van der Waals surface area contributed by atoms with Crippen LogP contribution in [0.4, 0.5) is 0 Å². The third-order valence-electron chi connectivity index (χ3n) is 3.98. The zero-order chi connectivity index (χ0) is 13.0. The number of nitrogens with zero attached hydrogens (tertiary/aromatic N) is 2. The van der Waals surface area contributed by atoms with E-state index >= 15 is 0 Å². The summed E-state index contributed by atoms with van der Waals surface area (Å²) in [5.41, 5.74) is 0.450. The Kier molecular flexibility index (Phi) is 3.76. The molecule has 1 aliphatic carbocycles. The number of aromatic nitrogens is 1. The minimum absolute atomic E-state index is 0.0795. The van der Waals surface area contributed by atoms with Crippen LogP contribution >= 0.6 is 0 Å². The van der Waals surface area contributed by atoms with Crippen molar-refractivity contribution in [2.75, 3.05) is 0 Å². The van der Waals surface area contributed by atoms with Crippen LogP contribution < -0.4 is 0 Å². The molecule has 0 amide bonds. The quantitative estimate of drug-likeness (QED) is 0.817. The molecule has 0 radical (unpaired) electrons. The van der Waals surface area contributed by atoms with Gasteiger partial charge in [0.25, 0.3) is 0 Å². The van der Waals surface area contributed by atoms with Crippen LogP contribution in [0.25, 0.3) is 0 Å². The molecule has 94 valence electrons. The van der Waals surface area contributed by atoms with Crippen molar-refractivity contribution in [3.63, 3.8) is 0 Å². The fraction of sp³-hybridized carbons (Fsp3) is 0.533. The van der Waals surface area contributed by atoms with Crippen LogP contribution in [0.15, 0.2) is 24.5 Å². The molecule has 2 rings (SSSR count). The molecule has 1 atom stereocenters. The van der Waals surface area contributed by atoms with Crippen LogP contribution in [0.1, 0.15) is 50.5 Å². The molecule has 0 N–H and O–H groups in total. The lowest BCUT2D eigenvalue weighted by Gasteiger charge is -2.33. The highest BCUT2D eigenvalue weighted by Gasteiger charge is 2.39. The van der Waals surface area contributed by atoms with Gasteiger partial charge in [0.1, 0.15) is 5.92 Å². The molecule has 0 spiro atoms. The molecular weight excluding hydrogens is 224 g/mol. The van der Waals surface area contributed by atoms with Crippen molar-refractivity contribution in [3.05, 3.63) is 30.1 Å². The monoisotopic (exact) mass is 242 g/mol. The molecular formula is C15H18N2O. The van der Waals surface area contributed by atoms with Gasteiger partial charge in [0.05, 0.1) is 6.07 Å². The Morgan fingerprint density at radius 1 is 1.33 bits per heavy atom. The molecule has 0 saturated heterocycles. The van der Waals surface area contributed by atoms with Crippen LogP contribution in [-0.2, 0) is 4.79 Å². The van der Waals surface area contributed by atoms with E-state index in [0.29, 0.717) is 0 Å². The van der Waals surface area contributed by atoms with Crippen molar-refractivity contribution in [1.82, 2.24) is 4.98 Å². The Balaban J connectivity index is 2.23. The molecule has 0 aromatic carbocycles. The first kappa shape index (κ1) is 12.8. The van der Waals surface area contributed by atoms with Crippen LogP contribution in [0.5, 0.6) is 0 Å². The number of rotatable bonds is 3. The average molecular weight is 242 g/mol. The Morgan fingerprint density at radius 3 is 2.50 bits per heavy atom. The van der Waals surface area contributed by atoms with Crippen molar-refractivity contribution in [3.8, 4) is 6.07 Å². The summed E-state index contributed by atoms with van der Waals surface area (Å²) in [4.78, 5) is 16.5. The second kappa shape index (κ2) is 5.30. The first-order valence-corrected chi connectivity index (χ1v) is 6.51. The van der Waals surface area contributed by atoms with Crippen molar-refractivity contribution in [2.24, 2.45) is 5.41 Å². The fourth-order valence-corrected chi connectivity index (χ4v) is 2.77. The molecule has 0 bridgehead atoms. The van der Waals surface area contributed by atoms with Crippen molar-refractivity contribution >= 4 is 5.78 Å². The first-order valence-electron chi connectivity index (χ1n) is 6.51. The molecule has 0 aliphatic heterocycles. The molecule has 1 heterocycles. The Labute approximate surface area is 108 Å². The number of carbonyl (C=O) groups is 1. The minimum atomic E-state index is -0.643. The van der Waals surface area contributed by atoms with Crippen LogP contribution in [0.3, 0.4) is 0 Å². The van der Waals surface area contributed by atoms with E-state index in [2.05, 4.69) is 11.1 Å². The van der Waals surface area contributed by atoms with Crippen molar-refractivity contribution in [1.29, 1.82) is 5.26 Å². The molecule has 18 heavy (non-hydrogen) atoms. The van der Waals surface area contributed by atoms with E-state index in [1.807, 2.05) is 6.92 Å². The van der Waals surface area contributed by atoms with Crippen molar-refractivity contribution < 1.29 is 4.79 Å². The summed E-state index contributed by atoms with van der Waals surface area (Å²) in [6, 6.07) is 5.69. The molecule has 3 heteroatoms. The number of carbonyl (C=O) groups excluding carboxylic acids is 1. The van der Waals surface area contributed by atoms with Gasteiger partial charge in [0, 0.05) is 17.8 Å².